The van der Waals surface area contributed by atoms with Crippen LogP contribution in [0.15, 0.2) is 49.0 Å². The summed E-state index contributed by atoms with van der Waals surface area (Å²) in [5, 5.41) is 14.5. The van der Waals surface area contributed by atoms with Gasteiger partial charge in [-0.3, -0.25) is 4.79 Å². The molecule has 9 heteroatoms. The van der Waals surface area contributed by atoms with Crippen molar-refractivity contribution in [1.29, 1.82) is 0 Å². The first-order valence-corrected chi connectivity index (χ1v) is 8.33. The van der Waals surface area contributed by atoms with Crippen LogP contribution in [-0.4, -0.2) is 27.0 Å². The summed E-state index contributed by atoms with van der Waals surface area (Å²) in [7, 11) is 0. The lowest BCUT2D eigenvalue weighted by Gasteiger charge is -1.98. The van der Waals surface area contributed by atoms with Gasteiger partial charge in [0.15, 0.2) is 5.82 Å². The van der Waals surface area contributed by atoms with Crippen molar-refractivity contribution in [3.05, 3.63) is 40.6 Å². The first-order chi connectivity index (χ1) is 11.1. The number of hydrogen-bond donors (Lipinski definition) is 1. The molecule has 0 atom stereocenters. The van der Waals surface area contributed by atoms with Gasteiger partial charge < -0.3 is 14.3 Å². The number of nitrogens with zero attached hydrogens (tertiary/aromatic N) is 3. The van der Waals surface area contributed by atoms with Crippen LogP contribution in [0.5, 0.6) is 0 Å². The highest BCUT2D eigenvalue weighted by Crippen LogP contribution is 2.24. The lowest BCUT2D eigenvalue weighted by atomic mass is 10.2. The van der Waals surface area contributed by atoms with Gasteiger partial charge in [0.1, 0.15) is 5.76 Å². The van der Waals surface area contributed by atoms with E-state index in [1.54, 1.807) is 13.0 Å². The number of thioether (sulfide) groups is 1. The Balaban J connectivity index is 1.56. The maximum absolute atomic E-state index is 11.8. The van der Waals surface area contributed by atoms with E-state index in [0.29, 0.717) is 22.7 Å². The molecule has 1 amide bonds. The molecule has 1 N–H and O–H groups in total. The molecule has 0 aliphatic rings. The Kier molecular flexibility index (Phi) is 4.77. The third kappa shape index (κ3) is 4.20. The summed E-state index contributed by atoms with van der Waals surface area (Å²) in [6, 6.07) is 9.15. The number of halogens is 1. The minimum atomic E-state index is -0.230. The van der Waals surface area contributed by atoms with E-state index in [9.17, 15) is 4.79 Å². The number of anilines is 1. The molecule has 7 nitrogen and oxygen atoms in total. The van der Waals surface area contributed by atoms with Crippen LogP contribution < -0.4 is 5.32 Å². The molecule has 2 heterocycles. The van der Waals surface area contributed by atoms with E-state index < -0.39 is 0 Å². The summed E-state index contributed by atoms with van der Waals surface area (Å²) in [5.74, 6) is 1.32. The van der Waals surface area contributed by atoms with Crippen LogP contribution in [0.2, 0.25) is 0 Å². The average molecular weight is 395 g/mol. The van der Waals surface area contributed by atoms with Gasteiger partial charge in [-0.25, -0.2) is 0 Å². The van der Waals surface area contributed by atoms with E-state index in [4.69, 9.17) is 8.94 Å². The molecular weight excluding hydrogens is 384 g/mol. The van der Waals surface area contributed by atoms with Crippen molar-refractivity contribution in [3.8, 4) is 11.5 Å². The van der Waals surface area contributed by atoms with Crippen molar-refractivity contribution in [3.63, 3.8) is 0 Å². The van der Waals surface area contributed by atoms with Gasteiger partial charge in [-0.2, -0.15) is 0 Å². The molecule has 23 heavy (non-hydrogen) atoms. The molecule has 0 bridgehead atoms. The predicted octanol–water partition coefficient (Wildman–Crippen LogP) is 3.53. The van der Waals surface area contributed by atoms with Gasteiger partial charge in [0.2, 0.25) is 11.8 Å². The number of aromatic nitrogens is 3. The van der Waals surface area contributed by atoms with Crippen molar-refractivity contribution >= 4 is 39.4 Å². The molecule has 0 spiro atoms. The van der Waals surface area contributed by atoms with E-state index in [0.717, 1.165) is 21.8 Å². The Bertz CT molecular complexity index is 816. The summed E-state index contributed by atoms with van der Waals surface area (Å²) in [6.45, 7) is 1.75. The van der Waals surface area contributed by atoms with Crippen LogP contribution in [-0.2, 0) is 4.79 Å². The first-order valence-electron chi connectivity index (χ1n) is 6.55. The first kappa shape index (κ1) is 15.8. The van der Waals surface area contributed by atoms with Gasteiger partial charge in [0.25, 0.3) is 5.22 Å². The van der Waals surface area contributed by atoms with Crippen LogP contribution in [0, 0.1) is 6.92 Å². The highest BCUT2D eigenvalue weighted by atomic mass is 79.9. The highest BCUT2D eigenvalue weighted by Gasteiger charge is 2.12. The van der Waals surface area contributed by atoms with Crippen molar-refractivity contribution < 1.29 is 13.7 Å². The zero-order valence-electron chi connectivity index (χ0n) is 11.9. The molecule has 118 valence electrons. The Hall–Kier alpha value is -2.13. The second kappa shape index (κ2) is 6.97. The molecule has 0 aliphatic heterocycles. The topological polar surface area (TPSA) is 94.1 Å². The zero-order valence-corrected chi connectivity index (χ0v) is 14.3. The van der Waals surface area contributed by atoms with Crippen LogP contribution >= 0.6 is 27.7 Å². The fourth-order valence-corrected chi connectivity index (χ4v) is 2.54. The van der Waals surface area contributed by atoms with E-state index in [1.165, 1.54) is 0 Å². The fraction of sp³-hybridized carbons (Fsp3) is 0.143. The predicted molar refractivity (Wildman–Crippen MR) is 88.0 cm³/mol. The third-order valence-corrected chi connectivity index (χ3v) is 4.07. The van der Waals surface area contributed by atoms with Gasteiger partial charge >= 0.3 is 0 Å². The summed E-state index contributed by atoms with van der Waals surface area (Å²) in [6.07, 6.45) is 0. The number of nitrogens with one attached hydrogen (secondary N) is 1. The smallest absolute Gasteiger partial charge is 0.277 e. The van der Waals surface area contributed by atoms with Crippen LogP contribution in [0.1, 0.15) is 5.76 Å². The SMILES string of the molecule is Cc1cc(NC(=O)CSc2nnc(-c3ccc(Br)cc3)o2)no1. The molecule has 0 aliphatic carbocycles. The average Bonchev–Trinajstić information content (AvgIpc) is 3.15. The Morgan fingerprint density at radius 2 is 2.09 bits per heavy atom. The van der Waals surface area contributed by atoms with E-state index in [-0.39, 0.29) is 11.7 Å². The number of benzene rings is 1. The van der Waals surface area contributed by atoms with Gasteiger partial charge in [-0.05, 0) is 31.2 Å². The van der Waals surface area contributed by atoms with Crippen molar-refractivity contribution in [2.45, 2.75) is 12.1 Å². The summed E-state index contributed by atoms with van der Waals surface area (Å²) in [4.78, 5) is 11.8. The van der Waals surface area contributed by atoms with E-state index in [2.05, 4.69) is 36.6 Å². The Morgan fingerprint density at radius 3 is 2.78 bits per heavy atom. The third-order valence-electron chi connectivity index (χ3n) is 2.72. The number of carbonyl (C=O) groups excluding carboxylic acids is 1. The van der Waals surface area contributed by atoms with Crippen molar-refractivity contribution in [2.24, 2.45) is 0 Å². The van der Waals surface area contributed by atoms with Gasteiger partial charge in [0, 0.05) is 16.1 Å². The van der Waals surface area contributed by atoms with Crippen LogP contribution in [0.4, 0.5) is 5.82 Å². The molecule has 0 radical (unpaired) electrons. The highest BCUT2D eigenvalue weighted by molar-refractivity contribution is 9.10. The molecule has 0 fully saturated rings. The van der Waals surface area contributed by atoms with Crippen LogP contribution in [0.3, 0.4) is 0 Å². The zero-order chi connectivity index (χ0) is 16.2. The second-order valence-corrected chi connectivity index (χ2v) is 6.38. The normalized spacial score (nSPS) is 10.7. The number of hydrogen-bond acceptors (Lipinski definition) is 7. The maximum Gasteiger partial charge on any atom is 0.277 e. The number of amides is 1. The fourth-order valence-electron chi connectivity index (χ4n) is 1.71. The molecule has 0 unspecified atom stereocenters. The standard InChI is InChI=1S/C14H11BrN4O3S/c1-8-6-11(19-22-8)16-12(20)7-23-14-18-17-13(21-14)9-2-4-10(15)5-3-9/h2-6H,7H2,1H3,(H,16,19,20). The van der Waals surface area contributed by atoms with Gasteiger partial charge in [-0.1, -0.05) is 32.8 Å². The summed E-state index contributed by atoms with van der Waals surface area (Å²) < 4.78 is 11.4. The molecule has 2 aromatic heterocycles. The lowest BCUT2D eigenvalue weighted by molar-refractivity contribution is -0.113. The van der Waals surface area contributed by atoms with Crippen molar-refractivity contribution in [2.75, 3.05) is 11.1 Å². The molecule has 1 aromatic carbocycles. The summed E-state index contributed by atoms with van der Waals surface area (Å²) in [5.41, 5.74) is 0.815. The van der Waals surface area contributed by atoms with E-state index in [1.807, 2.05) is 24.3 Å². The minimum Gasteiger partial charge on any atom is -0.411 e. The second-order valence-electron chi connectivity index (χ2n) is 4.54. The van der Waals surface area contributed by atoms with Crippen molar-refractivity contribution in [1.82, 2.24) is 15.4 Å². The molecule has 3 rings (SSSR count). The van der Waals surface area contributed by atoms with Gasteiger partial charge in [-0.15, -0.1) is 10.2 Å². The minimum absolute atomic E-state index is 0.133. The van der Waals surface area contributed by atoms with Crippen LogP contribution in [0.25, 0.3) is 11.5 Å². The number of aryl methyl sites for hydroxylation is 1. The van der Waals surface area contributed by atoms with Gasteiger partial charge in [0.05, 0.1) is 5.75 Å². The molecular formula is C14H11BrN4O3S. The molecule has 3 aromatic rings. The Morgan fingerprint density at radius 1 is 1.30 bits per heavy atom. The lowest BCUT2D eigenvalue weighted by Crippen LogP contribution is -2.14. The molecule has 0 saturated carbocycles. The largest absolute Gasteiger partial charge is 0.411 e. The maximum atomic E-state index is 11.8. The van der Waals surface area contributed by atoms with E-state index >= 15 is 0 Å². The Labute approximate surface area is 144 Å². The number of rotatable bonds is 5. The quantitative estimate of drug-likeness (QED) is 0.661. The number of carbonyl (C=O) groups is 1. The molecule has 0 saturated heterocycles. The monoisotopic (exact) mass is 394 g/mol. The summed E-state index contributed by atoms with van der Waals surface area (Å²) >= 11 is 4.52.